The molecule has 0 spiro atoms. The van der Waals surface area contributed by atoms with Gasteiger partial charge >= 0.3 is 0 Å². The van der Waals surface area contributed by atoms with Crippen LogP contribution in [0.4, 0.5) is 0 Å². The molecule has 0 atom stereocenters. The highest BCUT2D eigenvalue weighted by molar-refractivity contribution is 5.91. The van der Waals surface area contributed by atoms with E-state index in [0.29, 0.717) is 18.8 Å². The molecule has 0 saturated heterocycles. The van der Waals surface area contributed by atoms with Crippen LogP contribution in [0.1, 0.15) is 48.2 Å². The average Bonchev–Trinajstić information content (AvgIpc) is 3.27. The zero-order chi connectivity index (χ0) is 17.9. The van der Waals surface area contributed by atoms with Gasteiger partial charge in [-0.05, 0) is 40.8 Å². The van der Waals surface area contributed by atoms with Crippen LogP contribution in [-0.4, -0.2) is 10.8 Å². The van der Waals surface area contributed by atoms with Gasteiger partial charge in [0.2, 0.25) is 0 Å². The molecule has 1 amide bonds. The van der Waals surface area contributed by atoms with Crippen molar-refractivity contribution >= 4 is 5.91 Å². The Balaban J connectivity index is 1.80. The van der Waals surface area contributed by atoms with Gasteiger partial charge in [0.25, 0.3) is 5.91 Å². The molecule has 0 aliphatic carbocycles. The first-order valence-corrected chi connectivity index (χ1v) is 8.38. The number of benzene rings is 1. The Morgan fingerprint density at radius 2 is 1.60 bits per heavy atom. The first-order chi connectivity index (χ1) is 11.9. The van der Waals surface area contributed by atoms with E-state index in [0.717, 1.165) is 11.3 Å². The predicted octanol–water partition coefficient (Wildman–Crippen LogP) is 5.01. The van der Waals surface area contributed by atoms with Crippen molar-refractivity contribution in [1.82, 2.24) is 4.90 Å². The lowest BCUT2D eigenvalue weighted by Gasteiger charge is -2.22. The van der Waals surface area contributed by atoms with Crippen LogP contribution in [0.25, 0.3) is 0 Å². The molecule has 4 nitrogen and oxygen atoms in total. The van der Waals surface area contributed by atoms with Crippen molar-refractivity contribution < 1.29 is 13.6 Å². The number of nitrogens with zero attached hydrogens (tertiary/aromatic N) is 1. The third kappa shape index (κ3) is 4.21. The summed E-state index contributed by atoms with van der Waals surface area (Å²) in [6.45, 7) is 7.45. The molecule has 0 bridgehead atoms. The van der Waals surface area contributed by atoms with Crippen LogP contribution in [-0.2, 0) is 18.5 Å². The van der Waals surface area contributed by atoms with Gasteiger partial charge in [-0.2, -0.15) is 0 Å². The van der Waals surface area contributed by atoms with Crippen molar-refractivity contribution in [3.63, 3.8) is 0 Å². The second-order valence-corrected chi connectivity index (χ2v) is 7.16. The van der Waals surface area contributed by atoms with Gasteiger partial charge in [0.1, 0.15) is 5.76 Å². The Morgan fingerprint density at radius 3 is 2.16 bits per heavy atom. The van der Waals surface area contributed by atoms with E-state index in [4.69, 9.17) is 8.83 Å². The molecule has 0 N–H and O–H groups in total. The normalized spacial score (nSPS) is 11.5. The minimum Gasteiger partial charge on any atom is -0.467 e. The topological polar surface area (TPSA) is 46.6 Å². The summed E-state index contributed by atoms with van der Waals surface area (Å²) < 4.78 is 10.7. The maximum absolute atomic E-state index is 12.8. The van der Waals surface area contributed by atoms with E-state index in [9.17, 15) is 4.79 Å². The van der Waals surface area contributed by atoms with Gasteiger partial charge in [0.05, 0.1) is 19.1 Å². The highest BCUT2D eigenvalue weighted by Crippen LogP contribution is 2.23. The summed E-state index contributed by atoms with van der Waals surface area (Å²) in [5.74, 6) is 0.922. The number of carbonyl (C=O) groups excluding carboxylic acids is 1. The number of hydrogen-bond donors (Lipinski definition) is 0. The average molecular weight is 337 g/mol. The molecule has 0 unspecified atom stereocenters. The second-order valence-electron chi connectivity index (χ2n) is 7.16. The Morgan fingerprint density at radius 1 is 0.920 bits per heavy atom. The van der Waals surface area contributed by atoms with Crippen LogP contribution < -0.4 is 0 Å². The molecule has 0 fully saturated rings. The molecular formula is C21H23NO3. The van der Waals surface area contributed by atoms with E-state index in [1.165, 1.54) is 11.8 Å². The Labute approximate surface area is 148 Å². The SMILES string of the molecule is CC(C)(C)c1ccc(CN(Cc2ccco2)C(=O)c2ccco2)cc1. The Bertz CT molecular complexity index is 794. The van der Waals surface area contributed by atoms with Gasteiger partial charge in [-0.1, -0.05) is 45.0 Å². The highest BCUT2D eigenvalue weighted by atomic mass is 16.3. The Kier molecular flexibility index (Phi) is 4.79. The van der Waals surface area contributed by atoms with Crippen molar-refractivity contribution in [3.8, 4) is 0 Å². The van der Waals surface area contributed by atoms with Crippen molar-refractivity contribution in [3.05, 3.63) is 83.7 Å². The minimum atomic E-state index is -0.152. The molecule has 3 aromatic rings. The van der Waals surface area contributed by atoms with Crippen LogP contribution in [0.2, 0.25) is 0 Å². The number of amides is 1. The summed E-state index contributed by atoms with van der Waals surface area (Å²) in [5, 5.41) is 0. The molecule has 0 radical (unpaired) electrons. The summed E-state index contributed by atoms with van der Waals surface area (Å²) in [6, 6.07) is 15.5. The molecule has 25 heavy (non-hydrogen) atoms. The molecule has 0 aliphatic heterocycles. The van der Waals surface area contributed by atoms with E-state index >= 15 is 0 Å². The number of carbonyl (C=O) groups is 1. The van der Waals surface area contributed by atoms with Gasteiger partial charge in [-0.3, -0.25) is 4.79 Å². The smallest absolute Gasteiger partial charge is 0.290 e. The molecule has 130 valence electrons. The fraction of sp³-hybridized carbons (Fsp3) is 0.286. The summed E-state index contributed by atoms with van der Waals surface area (Å²) in [5.41, 5.74) is 2.45. The molecule has 0 saturated carbocycles. The lowest BCUT2D eigenvalue weighted by atomic mass is 9.87. The standard InChI is InChI=1S/C21H23NO3/c1-21(2,3)17-10-8-16(9-11-17)14-22(15-18-6-4-12-24-18)20(23)19-7-5-13-25-19/h4-13H,14-15H2,1-3H3. The summed E-state index contributed by atoms with van der Waals surface area (Å²) in [6.07, 6.45) is 3.12. The first-order valence-electron chi connectivity index (χ1n) is 8.38. The minimum absolute atomic E-state index is 0.108. The number of furan rings is 2. The number of hydrogen-bond acceptors (Lipinski definition) is 3. The third-order valence-corrected chi connectivity index (χ3v) is 4.14. The maximum Gasteiger partial charge on any atom is 0.290 e. The van der Waals surface area contributed by atoms with Gasteiger partial charge in [-0.25, -0.2) is 0 Å². The molecule has 2 aromatic heterocycles. The van der Waals surface area contributed by atoms with E-state index in [2.05, 4.69) is 45.0 Å². The van der Waals surface area contributed by atoms with Gasteiger partial charge in [0, 0.05) is 6.54 Å². The van der Waals surface area contributed by atoms with Gasteiger partial charge in [0.15, 0.2) is 5.76 Å². The summed E-state index contributed by atoms with van der Waals surface area (Å²) in [7, 11) is 0. The van der Waals surface area contributed by atoms with Crippen LogP contribution in [0, 0.1) is 0 Å². The third-order valence-electron chi connectivity index (χ3n) is 4.14. The lowest BCUT2D eigenvalue weighted by molar-refractivity contribution is 0.0685. The van der Waals surface area contributed by atoms with Gasteiger partial charge < -0.3 is 13.7 Å². The van der Waals surface area contributed by atoms with Crippen LogP contribution >= 0.6 is 0 Å². The van der Waals surface area contributed by atoms with Crippen LogP contribution in [0.5, 0.6) is 0 Å². The monoisotopic (exact) mass is 337 g/mol. The zero-order valence-corrected chi connectivity index (χ0v) is 14.9. The van der Waals surface area contributed by atoms with Crippen molar-refractivity contribution in [1.29, 1.82) is 0 Å². The quantitative estimate of drug-likeness (QED) is 0.657. The van der Waals surface area contributed by atoms with E-state index < -0.39 is 0 Å². The zero-order valence-electron chi connectivity index (χ0n) is 14.9. The molecule has 4 heteroatoms. The largest absolute Gasteiger partial charge is 0.467 e. The lowest BCUT2D eigenvalue weighted by Crippen LogP contribution is -2.29. The second kappa shape index (κ2) is 7.01. The van der Waals surface area contributed by atoms with Gasteiger partial charge in [-0.15, -0.1) is 0 Å². The molecule has 1 aromatic carbocycles. The maximum atomic E-state index is 12.8. The Hall–Kier alpha value is -2.75. The molecule has 3 rings (SSSR count). The van der Waals surface area contributed by atoms with Crippen molar-refractivity contribution in [2.45, 2.75) is 39.3 Å². The van der Waals surface area contributed by atoms with Crippen molar-refractivity contribution in [2.24, 2.45) is 0 Å². The summed E-state index contributed by atoms with van der Waals surface area (Å²) >= 11 is 0. The van der Waals surface area contributed by atoms with E-state index in [-0.39, 0.29) is 11.3 Å². The predicted molar refractivity (Wildman–Crippen MR) is 96.1 cm³/mol. The fourth-order valence-corrected chi connectivity index (χ4v) is 2.68. The molecular weight excluding hydrogens is 314 g/mol. The van der Waals surface area contributed by atoms with Crippen LogP contribution in [0.15, 0.2) is 69.9 Å². The highest BCUT2D eigenvalue weighted by Gasteiger charge is 2.20. The van der Waals surface area contributed by atoms with E-state index in [1.54, 1.807) is 23.3 Å². The molecule has 2 heterocycles. The van der Waals surface area contributed by atoms with E-state index in [1.807, 2.05) is 12.1 Å². The first kappa shape index (κ1) is 17.1. The fourth-order valence-electron chi connectivity index (χ4n) is 2.68. The number of rotatable bonds is 5. The van der Waals surface area contributed by atoms with Crippen molar-refractivity contribution in [2.75, 3.05) is 0 Å². The molecule has 0 aliphatic rings. The summed E-state index contributed by atoms with van der Waals surface area (Å²) in [4.78, 5) is 14.5. The van der Waals surface area contributed by atoms with Crippen LogP contribution in [0.3, 0.4) is 0 Å².